The Kier molecular flexibility index (Phi) is 4.81. The van der Waals surface area contributed by atoms with Crippen LogP contribution in [-0.4, -0.2) is 25.7 Å². The van der Waals surface area contributed by atoms with Gasteiger partial charge in [-0.05, 0) is 30.7 Å². The summed E-state index contributed by atoms with van der Waals surface area (Å²) in [5, 5.41) is 3.27. The third-order valence-corrected chi connectivity index (χ3v) is 4.03. The monoisotopic (exact) mass is 375 g/mol. The summed E-state index contributed by atoms with van der Waals surface area (Å²) in [7, 11) is 0. The van der Waals surface area contributed by atoms with Crippen molar-refractivity contribution in [3.05, 3.63) is 32.7 Å². The lowest BCUT2D eigenvalue weighted by Gasteiger charge is -2.18. The van der Waals surface area contributed by atoms with Gasteiger partial charge in [0.1, 0.15) is 0 Å². The summed E-state index contributed by atoms with van der Waals surface area (Å²) >= 11 is 6.96. The maximum atomic E-state index is 11.9. The molecule has 5 heteroatoms. The van der Waals surface area contributed by atoms with Gasteiger partial charge in [0.25, 0.3) is 0 Å². The van der Waals surface area contributed by atoms with Crippen molar-refractivity contribution in [3.8, 4) is 0 Å². The third-order valence-electron chi connectivity index (χ3n) is 3.12. The van der Waals surface area contributed by atoms with Crippen LogP contribution in [0.2, 0.25) is 0 Å². The Balaban J connectivity index is 2.23. The van der Waals surface area contributed by atoms with E-state index in [0.717, 1.165) is 21.1 Å². The number of hydrogen-bond acceptors (Lipinski definition) is 3. The summed E-state index contributed by atoms with van der Waals surface area (Å²) in [6.45, 7) is 3.77. The first-order valence-corrected chi connectivity index (χ1v) is 7.53. The van der Waals surface area contributed by atoms with E-state index >= 15 is 0 Å². The molecule has 2 atom stereocenters. The Morgan fingerprint density at radius 2 is 2.00 bits per heavy atom. The molecule has 1 aromatic carbocycles. The molecule has 0 saturated carbocycles. The summed E-state index contributed by atoms with van der Waals surface area (Å²) in [5.74, 6) is -0.0207. The Morgan fingerprint density at radius 1 is 1.33 bits per heavy atom. The van der Waals surface area contributed by atoms with Crippen LogP contribution in [0.5, 0.6) is 0 Å². The fraction of sp³-hybridized carbons (Fsp3) is 0.462. The molecule has 0 spiro atoms. The number of hydrogen-bond donors (Lipinski definition) is 1. The van der Waals surface area contributed by atoms with Crippen molar-refractivity contribution in [1.29, 1.82) is 0 Å². The minimum absolute atomic E-state index is 0.0915. The first kappa shape index (κ1) is 14.0. The molecule has 1 aliphatic rings. The van der Waals surface area contributed by atoms with Gasteiger partial charge in [0, 0.05) is 28.0 Å². The van der Waals surface area contributed by atoms with Gasteiger partial charge in [0.05, 0.1) is 12.5 Å². The number of rotatable bonds is 3. The van der Waals surface area contributed by atoms with Crippen LogP contribution in [0.4, 0.5) is 0 Å². The molecule has 0 amide bonds. The Morgan fingerprint density at radius 3 is 2.61 bits per heavy atom. The van der Waals surface area contributed by atoms with Crippen LogP contribution >= 0.6 is 31.9 Å². The fourth-order valence-corrected chi connectivity index (χ4v) is 3.64. The second kappa shape index (κ2) is 6.17. The highest BCUT2D eigenvalue weighted by atomic mass is 79.9. The molecule has 1 aromatic rings. The normalized spacial score (nSPS) is 23.1. The van der Waals surface area contributed by atoms with E-state index in [2.05, 4.69) is 49.3 Å². The average molecular weight is 377 g/mol. The molecule has 3 nitrogen and oxygen atoms in total. The largest absolute Gasteiger partial charge is 0.466 e. The third kappa shape index (κ3) is 3.13. The van der Waals surface area contributed by atoms with Crippen LogP contribution in [0.3, 0.4) is 0 Å². The SMILES string of the molecule is CCOC(=O)C1CNCC1c1cc(Br)cc(Br)c1. The van der Waals surface area contributed by atoms with Gasteiger partial charge in [0.2, 0.25) is 0 Å². The van der Waals surface area contributed by atoms with Crippen molar-refractivity contribution in [2.75, 3.05) is 19.7 Å². The number of benzene rings is 1. The van der Waals surface area contributed by atoms with Crippen molar-refractivity contribution in [2.24, 2.45) is 5.92 Å². The molecule has 1 saturated heterocycles. The summed E-state index contributed by atoms with van der Waals surface area (Å²) in [6.07, 6.45) is 0. The Hall–Kier alpha value is -0.390. The molecule has 2 rings (SSSR count). The minimum Gasteiger partial charge on any atom is -0.466 e. The lowest BCUT2D eigenvalue weighted by Crippen LogP contribution is -2.24. The number of nitrogens with one attached hydrogen (secondary N) is 1. The molecule has 1 fully saturated rings. The van der Waals surface area contributed by atoms with E-state index in [-0.39, 0.29) is 17.8 Å². The number of halogens is 2. The summed E-state index contributed by atoms with van der Waals surface area (Å²) in [6, 6.07) is 6.12. The zero-order chi connectivity index (χ0) is 13.1. The predicted octanol–water partition coefficient (Wildman–Crippen LogP) is 3.08. The molecule has 0 aliphatic carbocycles. The molecular formula is C13H15Br2NO2. The lowest BCUT2D eigenvalue weighted by atomic mass is 9.89. The quantitative estimate of drug-likeness (QED) is 0.824. The molecule has 0 bridgehead atoms. The number of carbonyl (C=O) groups is 1. The van der Waals surface area contributed by atoms with Crippen molar-refractivity contribution in [2.45, 2.75) is 12.8 Å². The van der Waals surface area contributed by atoms with E-state index in [1.807, 2.05) is 13.0 Å². The van der Waals surface area contributed by atoms with Gasteiger partial charge in [0.15, 0.2) is 0 Å². The zero-order valence-corrected chi connectivity index (χ0v) is 13.3. The number of ether oxygens (including phenoxy) is 1. The number of esters is 1. The van der Waals surface area contributed by atoms with Crippen molar-refractivity contribution in [3.63, 3.8) is 0 Å². The molecule has 18 heavy (non-hydrogen) atoms. The molecule has 1 aliphatic heterocycles. The van der Waals surface area contributed by atoms with Crippen molar-refractivity contribution < 1.29 is 9.53 Å². The molecular weight excluding hydrogens is 362 g/mol. The first-order chi connectivity index (χ1) is 8.61. The van der Waals surface area contributed by atoms with Crippen LogP contribution in [-0.2, 0) is 9.53 Å². The molecule has 0 radical (unpaired) electrons. The van der Waals surface area contributed by atoms with E-state index in [1.54, 1.807) is 0 Å². The highest BCUT2D eigenvalue weighted by molar-refractivity contribution is 9.11. The molecule has 2 unspecified atom stereocenters. The Labute approximate surface area is 124 Å². The highest BCUT2D eigenvalue weighted by Gasteiger charge is 2.35. The number of carbonyl (C=O) groups excluding carboxylic acids is 1. The maximum absolute atomic E-state index is 11.9. The van der Waals surface area contributed by atoms with Crippen LogP contribution in [0.15, 0.2) is 27.1 Å². The van der Waals surface area contributed by atoms with Gasteiger partial charge in [-0.2, -0.15) is 0 Å². The summed E-state index contributed by atoms with van der Waals surface area (Å²) in [4.78, 5) is 11.9. The van der Waals surface area contributed by atoms with E-state index in [4.69, 9.17) is 4.74 Å². The maximum Gasteiger partial charge on any atom is 0.310 e. The van der Waals surface area contributed by atoms with E-state index in [9.17, 15) is 4.79 Å². The average Bonchev–Trinajstić information content (AvgIpc) is 2.76. The molecule has 98 valence electrons. The van der Waals surface area contributed by atoms with Gasteiger partial charge in [-0.1, -0.05) is 31.9 Å². The topological polar surface area (TPSA) is 38.3 Å². The van der Waals surface area contributed by atoms with E-state index < -0.39 is 0 Å². The molecule has 1 heterocycles. The standard InChI is InChI=1S/C13H15Br2NO2/c1-2-18-13(17)12-7-16-6-11(12)8-3-9(14)5-10(15)4-8/h3-5,11-12,16H,2,6-7H2,1H3. The van der Waals surface area contributed by atoms with Crippen LogP contribution in [0.25, 0.3) is 0 Å². The van der Waals surface area contributed by atoms with Crippen LogP contribution < -0.4 is 5.32 Å². The van der Waals surface area contributed by atoms with Crippen molar-refractivity contribution >= 4 is 37.8 Å². The zero-order valence-electron chi connectivity index (χ0n) is 10.1. The van der Waals surface area contributed by atoms with Gasteiger partial charge >= 0.3 is 5.97 Å². The first-order valence-electron chi connectivity index (χ1n) is 5.95. The second-order valence-corrected chi connectivity index (χ2v) is 6.16. The minimum atomic E-state index is -0.108. The van der Waals surface area contributed by atoms with Gasteiger partial charge in [-0.3, -0.25) is 4.79 Å². The lowest BCUT2D eigenvalue weighted by molar-refractivity contribution is -0.147. The Bertz CT molecular complexity index is 430. The van der Waals surface area contributed by atoms with E-state index in [1.165, 1.54) is 0 Å². The predicted molar refractivity (Wildman–Crippen MR) is 77.6 cm³/mol. The second-order valence-electron chi connectivity index (χ2n) is 4.33. The van der Waals surface area contributed by atoms with Crippen molar-refractivity contribution in [1.82, 2.24) is 5.32 Å². The van der Waals surface area contributed by atoms with Crippen LogP contribution in [0.1, 0.15) is 18.4 Å². The highest BCUT2D eigenvalue weighted by Crippen LogP contribution is 2.32. The van der Waals surface area contributed by atoms with Gasteiger partial charge in [-0.15, -0.1) is 0 Å². The van der Waals surface area contributed by atoms with E-state index in [0.29, 0.717) is 13.2 Å². The fourth-order valence-electron chi connectivity index (χ4n) is 2.32. The summed E-state index contributed by atoms with van der Waals surface area (Å²) in [5.41, 5.74) is 1.15. The summed E-state index contributed by atoms with van der Waals surface area (Å²) < 4.78 is 7.17. The molecule has 0 aromatic heterocycles. The van der Waals surface area contributed by atoms with Gasteiger partial charge in [-0.25, -0.2) is 0 Å². The molecule has 1 N–H and O–H groups in total. The van der Waals surface area contributed by atoms with Crippen LogP contribution in [0, 0.1) is 5.92 Å². The smallest absolute Gasteiger partial charge is 0.310 e. The van der Waals surface area contributed by atoms with Gasteiger partial charge < -0.3 is 10.1 Å².